The number of hydrogen-bond donors (Lipinski definition) is 1. The molecule has 1 aliphatic heterocycles. The van der Waals surface area contributed by atoms with Gasteiger partial charge >= 0.3 is 0 Å². The number of carbonyl (C=O) groups is 1. The molecule has 1 atom stereocenters. The van der Waals surface area contributed by atoms with Crippen molar-refractivity contribution in [1.29, 1.82) is 0 Å². The number of rotatable bonds is 8. The van der Waals surface area contributed by atoms with Crippen LogP contribution in [0.15, 0.2) is 18.2 Å². The van der Waals surface area contributed by atoms with E-state index in [-0.39, 0.29) is 5.91 Å². The molecule has 0 radical (unpaired) electrons. The van der Waals surface area contributed by atoms with Crippen molar-refractivity contribution in [3.63, 3.8) is 0 Å². The summed E-state index contributed by atoms with van der Waals surface area (Å²) in [4.78, 5) is 14.2. The summed E-state index contributed by atoms with van der Waals surface area (Å²) >= 11 is 0. The smallest absolute Gasteiger partial charge is 0.248 e. The Morgan fingerprint density at radius 3 is 2.48 bits per heavy atom. The standard InChI is InChI=1S/C18H28N2O/c1-3-4-5-6-7-8-9-12-20-16-11-10-14(2)13-15(16)17(19)18(20)21/h10-11,13,17H,3-9,12,19H2,1-2H3. The third-order valence-electron chi connectivity index (χ3n) is 4.33. The molecule has 0 saturated heterocycles. The molecule has 2 rings (SSSR count). The average molecular weight is 288 g/mol. The molecule has 0 saturated carbocycles. The minimum atomic E-state index is -0.468. The molecule has 0 spiro atoms. The van der Waals surface area contributed by atoms with Crippen LogP contribution in [0.5, 0.6) is 0 Å². The molecule has 0 aliphatic carbocycles. The summed E-state index contributed by atoms with van der Waals surface area (Å²) in [5, 5.41) is 0. The van der Waals surface area contributed by atoms with Crippen molar-refractivity contribution >= 4 is 11.6 Å². The molecule has 3 nitrogen and oxygen atoms in total. The number of aryl methyl sites for hydroxylation is 1. The minimum Gasteiger partial charge on any atom is -0.316 e. The molecule has 1 aliphatic rings. The van der Waals surface area contributed by atoms with Gasteiger partial charge < -0.3 is 10.6 Å². The van der Waals surface area contributed by atoms with E-state index < -0.39 is 6.04 Å². The molecule has 21 heavy (non-hydrogen) atoms. The number of hydrogen-bond acceptors (Lipinski definition) is 2. The second-order valence-electron chi connectivity index (χ2n) is 6.15. The van der Waals surface area contributed by atoms with Gasteiger partial charge in [-0.1, -0.05) is 63.1 Å². The molecule has 0 aromatic heterocycles. The third-order valence-corrected chi connectivity index (χ3v) is 4.33. The molecule has 116 valence electrons. The molecule has 1 unspecified atom stereocenters. The van der Waals surface area contributed by atoms with Crippen molar-refractivity contribution in [3.8, 4) is 0 Å². The van der Waals surface area contributed by atoms with Gasteiger partial charge in [-0.05, 0) is 19.4 Å². The first kappa shape index (κ1) is 16.0. The third kappa shape index (κ3) is 3.85. The Hall–Kier alpha value is -1.35. The molecule has 1 amide bonds. The van der Waals surface area contributed by atoms with Crippen molar-refractivity contribution in [2.75, 3.05) is 11.4 Å². The van der Waals surface area contributed by atoms with Crippen LogP contribution < -0.4 is 10.6 Å². The van der Waals surface area contributed by atoms with Gasteiger partial charge in [0.1, 0.15) is 6.04 Å². The predicted octanol–water partition coefficient (Wildman–Crippen LogP) is 4.09. The van der Waals surface area contributed by atoms with E-state index in [0.717, 1.165) is 29.8 Å². The first-order chi connectivity index (χ1) is 10.1. The van der Waals surface area contributed by atoms with Crippen LogP contribution in [0.3, 0.4) is 0 Å². The summed E-state index contributed by atoms with van der Waals surface area (Å²) in [6, 6.07) is 5.67. The monoisotopic (exact) mass is 288 g/mol. The molecule has 3 heteroatoms. The summed E-state index contributed by atoms with van der Waals surface area (Å²) < 4.78 is 0. The highest BCUT2D eigenvalue weighted by atomic mass is 16.2. The van der Waals surface area contributed by atoms with Crippen molar-refractivity contribution in [1.82, 2.24) is 0 Å². The fraction of sp³-hybridized carbons (Fsp3) is 0.611. The fourth-order valence-corrected chi connectivity index (χ4v) is 3.05. The fourth-order valence-electron chi connectivity index (χ4n) is 3.05. The van der Waals surface area contributed by atoms with Crippen LogP contribution in [0, 0.1) is 6.92 Å². The van der Waals surface area contributed by atoms with Gasteiger partial charge in [0.25, 0.3) is 0 Å². The second-order valence-corrected chi connectivity index (χ2v) is 6.15. The van der Waals surface area contributed by atoms with Gasteiger partial charge in [-0.3, -0.25) is 4.79 Å². The lowest BCUT2D eigenvalue weighted by atomic mass is 10.1. The maximum absolute atomic E-state index is 12.3. The highest BCUT2D eigenvalue weighted by Crippen LogP contribution is 2.35. The highest BCUT2D eigenvalue weighted by Gasteiger charge is 2.34. The van der Waals surface area contributed by atoms with E-state index in [2.05, 4.69) is 13.0 Å². The Labute approximate surface area is 128 Å². The summed E-state index contributed by atoms with van der Waals surface area (Å²) in [7, 11) is 0. The Kier molecular flexibility index (Phi) is 5.80. The average Bonchev–Trinajstić information content (AvgIpc) is 2.71. The largest absolute Gasteiger partial charge is 0.316 e. The van der Waals surface area contributed by atoms with Crippen molar-refractivity contribution in [3.05, 3.63) is 29.3 Å². The molecule has 2 N–H and O–H groups in total. The molecule has 0 bridgehead atoms. The number of anilines is 1. The zero-order valence-corrected chi connectivity index (χ0v) is 13.4. The molecule has 1 aromatic carbocycles. The van der Waals surface area contributed by atoms with Crippen molar-refractivity contribution in [2.24, 2.45) is 5.73 Å². The second kappa shape index (κ2) is 7.60. The quantitative estimate of drug-likeness (QED) is 0.732. The van der Waals surface area contributed by atoms with E-state index >= 15 is 0 Å². The molecule has 0 fully saturated rings. The van der Waals surface area contributed by atoms with Crippen LogP contribution >= 0.6 is 0 Å². The van der Waals surface area contributed by atoms with Crippen LogP contribution in [0.25, 0.3) is 0 Å². The van der Waals surface area contributed by atoms with Gasteiger partial charge in [0, 0.05) is 17.8 Å². The van der Waals surface area contributed by atoms with Crippen molar-refractivity contribution in [2.45, 2.75) is 64.8 Å². The Morgan fingerprint density at radius 2 is 1.76 bits per heavy atom. The molecule has 1 heterocycles. The molecular weight excluding hydrogens is 260 g/mol. The zero-order chi connectivity index (χ0) is 15.2. The number of benzene rings is 1. The van der Waals surface area contributed by atoms with E-state index in [4.69, 9.17) is 5.73 Å². The zero-order valence-electron chi connectivity index (χ0n) is 13.4. The number of nitrogens with two attached hydrogens (primary N) is 1. The van der Waals surface area contributed by atoms with E-state index in [1.165, 1.54) is 38.5 Å². The maximum atomic E-state index is 12.3. The van der Waals surface area contributed by atoms with Gasteiger partial charge in [0.15, 0.2) is 0 Å². The van der Waals surface area contributed by atoms with Crippen LogP contribution in [0.4, 0.5) is 5.69 Å². The first-order valence-corrected chi connectivity index (χ1v) is 8.32. The topological polar surface area (TPSA) is 46.3 Å². The van der Waals surface area contributed by atoms with E-state index in [9.17, 15) is 4.79 Å². The maximum Gasteiger partial charge on any atom is 0.248 e. The van der Waals surface area contributed by atoms with Crippen LogP contribution in [-0.2, 0) is 4.79 Å². The molecular formula is C18H28N2O. The summed E-state index contributed by atoms with van der Waals surface area (Å²) in [6.07, 6.45) is 8.82. The van der Waals surface area contributed by atoms with Gasteiger partial charge in [0.2, 0.25) is 5.91 Å². The van der Waals surface area contributed by atoms with Gasteiger partial charge in [-0.15, -0.1) is 0 Å². The number of amides is 1. The van der Waals surface area contributed by atoms with Crippen LogP contribution in [0.2, 0.25) is 0 Å². The Bertz CT molecular complexity index is 484. The van der Waals surface area contributed by atoms with Gasteiger partial charge in [-0.2, -0.15) is 0 Å². The lowest BCUT2D eigenvalue weighted by Gasteiger charge is -2.17. The van der Waals surface area contributed by atoms with Gasteiger partial charge in [-0.25, -0.2) is 0 Å². The number of nitrogens with zero attached hydrogens (tertiary/aromatic N) is 1. The van der Waals surface area contributed by atoms with Crippen LogP contribution in [0.1, 0.15) is 69.0 Å². The lowest BCUT2D eigenvalue weighted by Crippen LogP contribution is -2.32. The number of fused-ring (bicyclic) bond motifs is 1. The number of carbonyl (C=O) groups excluding carboxylic acids is 1. The van der Waals surface area contributed by atoms with E-state index in [1.807, 2.05) is 24.0 Å². The summed E-state index contributed by atoms with van der Waals surface area (Å²) in [6.45, 7) is 5.08. The Balaban J connectivity index is 1.83. The SMILES string of the molecule is CCCCCCCCCN1C(=O)C(N)c2cc(C)ccc21. The normalized spacial score (nSPS) is 17.4. The summed E-state index contributed by atoms with van der Waals surface area (Å²) in [5.74, 6) is 0.0570. The minimum absolute atomic E-state index is 0.0570. The summed E-state index contributed by atoms with van der Waals surface area (Å²) in [5.41, 5.74) is 9.21. The van der Waals surface area contributed by atoms with Crippen LogP contribution in [-0.4, -0.2) is 12.5 Å². The van der Waals surface area contributed by atoms with Crippen molar-refractivity contribution < 1.29 is 4.79 Å². The highest BCUT2D eigenvalue weighted by molar-refractivity contribution is 6.04. The van der Waals surface area contributed by atoms with E-state index in [1.54, 1.807) is 0 Å². The van der Waals surface area contributed by atoms with E-state index in [0.29, 0.717) is 0 Å². The lowest BCUT2D eigenvalue weighted by molar-refractivity contribution is -0.119. The first-order valence-electron chi connectivity index (χ1n) is 8.32. The number of unbranched alkanes of at least 4 members (excludes halogenated alkanes) is 6. The Morgan fingerprint density at radius 1 is 1.10 bits per heavy atom. The predicted molar refractivity (Wildman–Crippen MR) is 88.5 cm³/mol. The molecule has 1 aromatic rings. The van der Waals surface area contributed by atoms with Gasteiger partial charge in [0.05, 0.1) is 0 Å².